The van der Waals surface area contributed by atoms with Gasteiger partial charge in [0.2, 0.25) is 11.4 Å². The Morgan fingerprint density at radius 1 is 0.421 bits per heavy atom. The van der Waals surface area contributed by atoms with Crippen molar-refractivity contribution in [2.75, 3.05) is 0 Å². The Morgan fingerprint density at radius 2 is 0.789 bits per heavy atom. The molecule has 0 bridgehead atoms. The van der Waals surface area contributed by atoms with Crippen molar-refractivity contribution >= 4 is 65.9 Å². The molecule has 0 N–H and O–H groups in total. The summed E-state index contributed by atoms with van der Waals surface area (Å²) in [7, 11) is 0. The lowest BCUT2D eigenvalue weighted by atomic mass is 10.1. The van der Waals surface area contributed by atoms with Crippen LogP contribution in [-0.2, 0) is 0 Å². The van der Waals surface area contributed by atoms with Crippen LogP contribution in [0.1, 0.15) is 0 Å². The number of nitrogens with zero attached hydrogens (tertiary/aromatic N) is 6. The van der Waals surface area contributed by atoms with E-state index in [4.69, 9.17) is 8.83 Å². The molecule has 9 rings (SSSR count). The molecule has 0 atom stereocenters. The van der Waals surface area contributed by atoms with E-state index < -0.39 is 0 Å². The van der Waals surface area contributed by atoms with Crippen LogP contribution in [0.4, 0.5) is 0 Å². The lowest BCUT2D eigenvalue weighted by molar-refractivity contribution is 0.626. The normalized spacial score (nSPS) is 12.2. The van der Waals surface area contributed by atoms with Crippen molar-refractivity contribution in [1.29, 1.82) is 0 Å². The molecule has 9 aromatic rings. The second-order valence-electron chi connectivity index (χ2n) is 9.26. The molecule has 38 heavy (non-hydrogen) atoms. The molecule has 0 aliphatic rings. The summed E-state index contributed by atoms with van der Waals surface area (Å²) in [4.78, 5) is 0. The van der Waals surface area contributed by atoms with Gasteiger partial charge in [-0.2, -0.15) is 0 Å². The van der Waals surface area contributed by atoms with Crippen LogP contribution in [0.15, 0.2) is 106 Å². The molecule has 0 saturated heterocycles. The number of hydrogen-bond donors (Lipinski definition) is 0. The minimum atomic E-state index is 0.330. The van der Waals surface area contributed by atoms with Crippen molar-refractivity contribution in [3.05, 3.63) is 97.1 Å². The van der Waals surface area contributed by atoms with Crippen LogP contribution in [0.25, 0.3) is 77.8 Å². The van der Waals surface area contributed by atoms with Gasteiger partial charge in [0, 0.05) is 21.5 Å². The molecule has 8 heteroatoms. The van der Waals surface area contributed by atoms with Gasteiger partial charge in [-0.15, -0.1) is 20.4 Å². The van der Waals surface area contributed by atoms with Crippen LogP contribution >= 0.6 is 0 Å². The summed E-state index contributed by atoms with van der Waals surface area (Å²) in [6, 6.07) is 32.2. The highest BCUT2D eigenvalue weighted by molar-refractivity contribution is 6.20. The quantitative estimate of drug-likeness (QED) is 0.259. The van der Waals surface area contributed by atoms with Crippen molar-refractivity contribution < 1.29 is 8.83 Å². The predicted molar refractivity (Wildman–Crippen MR) is 146 cm³/mol. The Morgan fingerprint density at radius 3 is 1.24 bits per heavy atom. The van der Waals surface area contributed by atoms with Gasteiger partial charge in [-0.25, -0.2) is 9.13 Å². The highest BCUT2D eigenvalue weighted by Gasteiger charge is 2.23. The van der Waals surface area contributed by atoms with Crippen LogP contribution in [0.5, 0.6) is 0 Å². The second kappa shape index (κ2) is 7.04. The SMILES string of the molecule is c1ccc2c(c1)oc1c2c2ccccc2n1-c1nnc(-n2c3ccccc3c3c4ccccc4oc32)nn1. The Hall–Kier alpha value is -5.50. The number of para-hydroxylation sites is 4. The maximum atomic E-state index is 6.28. The zero-order chi connectivity index (χ0) is 24.8. The van der Waals surface area contributed by atoms with Crippen LogP contribution in [-0.4, -0.2) is 29.5 Å². The number of fused-ring (bicyclic) bond motifs is 10. The Labute approximate surface area is 213 Å². The fourth-order valence-corrected chi connectivity index (χ4v) is 5.67. The lowest BCUT2D eigenvalue weighted by Crippen LogP contribution is -2.09. The highest BCUT2D eigenvalue weighted by Crippen LogP contribution is 2.39. The molecule has 0 aliphatic heterocycles. The van der Waals surface area contributed by atoms with E-state index in [0.29, 0.717) is 23.3 Å². The summed E-state index contributed by atoms with van der Waals surface area (Å²) in [5, 5.41) is 24.4. The van der Waals surface area contributed by atoms with Crippen molar-refractivity contribution in [2.24, 2.45) is 0 Å². The summed E-state index contributed by atoms with van der Waals surface area (Å²) in [6.45, 7) is 0. The summed E-state index contributed by atoms with van der Waals surface area (Å²) < 4.78 is 16.3. The molecular formula is C30H16N6O2. The third-order valence-corrected chi connectivity index (χ3v) is 7.25. The fourth-order valence-electron chi connectivity index (χ4n) is 5.67. The molecule has 5 heterocycles. The fraction of sp³-hybridized carbons (Fsp3) is 0. The van der Waals surface area contributed by atoms with Gasteiger partial charge >= 0.3 is 0 Å². The van der Waals surface area contributed by atoms with Gasteiger partial charge in [-0.1, -0.05) is 72.8 Å². The van der Waals surface area contributed by atoms with E-state index in [0.717, 1.165) is 54.5 Å². The van der Waals surface area contributed by atoms with E-state index in [2.05, 4.69) is 44.7 Å². The van der Waals surface area contributed by atoms with Gasteiger partial charge in [0.25, 0.3) is 11.9 Å². The molecule has 0 unspecified atom stereocenters. The smallest absolute Gasteiger partial charge is 0.276 e. The largest absolute Gasteiger partial charge is 0.439 e. The molecule has 0 spiro atoms. The molecule has 0 amide bonds. The summed E-state index contributed by atoms with van der Waals surface area (Å²) in [5.41, 5.74) is 4.79. The van der Waals surface area contributed by atoms with Gasteiger partial charge in [-0.3, -0.25) is 0 Å². The number of aromatic nitrogens is 6. The van der Waals surface area contributed by atoms with Crippen molar-refractivity contribution in [1.82, 2.24) is 29.5 Å². The topological polar surface area (TPSA) is 87.7 Å². The van der Waals surface area contributed by atoms with Crippen LogP contribution in [0, 0.1) is 0 Å². The molecule has 0 aliphatic carbocycles. The van der Waals surface area contributed by atoms with Crippen molar-refractivity contribution in [3.63, 3.8) is 0 Å². The standard InChI is InChI=1S/C30H16N6O2/c1-5-13-21-17(9-1)25-19-11-3-7-15-23(19)37-27(25)35(21)29-31-33-30(34-32-29)36-22-14-6-2-10-18(22)26-20-12-4-8-16-24(20)38-28(26)36/h1-16H. The van der Waals surface area contributed by atoms with E-state index in [1.165, 1.54) is 0 Å². The third kappa shape index (κ3) is 2.43. The Bertz CT molecular complexity index is 2190. The number of rotatable bonds is 2. The Kier molecular flexibility index (Phi) is 3.64. The van der Waals surface area contributed by atoms with Crippen molar-refractivity contribution in [3.8, 4) is 11.9 Å². The van der Waals surface area contributed by atoms with E-state index in [1.807, 2.05) is 81.9 Å². The van der Waals surface area contributed by atoms with E-state index >= 15 is 0 Å². The first-order valence-electron chi connectivity index (χ1n) is 12.3. The van der Waals surface area contributed by atoms with E-state index in [9.17, 15) is 0 Å². The number of benzene rings is 4. The first kappa shape index (κ1) is 19.7. The number of hydrogen-bond acceptors (Lipinski definition) is 6. The second-order valence-corrected chi connectivity index (χ2v) is 9.26. The van der Waals surface area contributed by atoms with Crippen LogP contribution in [0.3, 0.4) is 0 Å². The monoisotopic (exact) mass is 492 g/mol. The van der Waals surface area contributed by atoms with Crippen LogP contribution in [0.2, 0.25) is 0 Å². The Balaban J connectivity index is 1.30. The summed E-state index contributed by atoms with van der Waals surface area (Å²) in [5.74, 6) is 0.660. The lowest BCUT2D eigenvalue weighted by Gasteiger charge is -2.05. The predicted octanol–water partition coefficient (Wildman–Crippen LogP) is 6.95. The molecule has 178 valence electrons. The summed E-state index contributed by atoms with van der Waals surface area (Å²) in [6.07, 6.45) is 0. The molecule has 0 fully saturated rings. The van der Waals surface area contributed by atoms with Crippen LogP contribution < -0.4 is 0 Å². The maximum absolute atomic E-state index is 6.28. The van der Waals surface area contributed by atoms with Crippen molar-refractivity contribution in [2.45, 2.75) is 0 Å². The minimum absolute atomic E-state index is 0.330. The maximum Gasteiger partial charge on any atom is 0.276 e. The highest BCUT2D eigenvalue weighted by atomic mass is 16.3. The van der Waals surface area contributed by atoms with E-state index in [1.54, 1.807) is 0 Å². The molecular weight excluding hydrogens is 476 g/mol. The zero-order valence-corrected chi connectivity index (χ0v) is 19.7. The first-order valence-corrected chi connectivity index (χ1v) is 12.3. The number of furan rings is 2. The van der Waals surface area contributed by atoms with Gasteiger partial charge in [0.05, 0.1) is 21.8 Å². The molecule has 8 nitrogen and oxygen atoms in total. The average molecular weight is 492 g/mol. The van der Waals surface area contributed by atoms with Gasteiger partial charge < -0.3 is 8.83 Å². The molecule has 0 saturated carbocycles. The minimum Gasteiger partial charge on any atom is -0.439 e. The first-order chi connectivity index (χ1) is 18.9. The van der Waals surface area contributed by atoms with Gasteiger partial charge in [0.1, 0.15) is 11.2 Å². The molecule has 5 aromatic heterocycles. The third-order valence-electron chi connectivity index (χ3n) is 7.25. The molecule has 0 radical (unpaired) electrons. The summed E-state index contributed by atoms with van der Waals surface area (Å²) >= 11 is 0. The van der Waals surface area contributed by atoms with Gasteiger partial charge in [-0.05, 0) is 24.3 Å². The van der Waals surface area contributed by atoms with E-state index in [-0.39, 0.29) is 0 Å². The zero-order valence-electron chi connectivity index (χ0n) is 19.7. The van der Waals surface area contributed by atoms with Gasteiger partial charge in [0.15, 0.2) is 0 Å². The average Bonchev–Trinajstić information content (AvgIpc) is 3.69. The molecule has 4 aromatic carbocycles.